The molecule has 0 atom stereocenters. The summed E-state index contributed by atoms with van der Waals surface area (Å²) in [5.74, 6) is 0.451. The molecule has 116 valence electrons. The number of nitro groups is 1. The largest absolute Gasteiger partial charge is 0.376 e. The van der Waals surface area contributed by atoms with Crippen LogP contribution >= 0.6 is 11.6 Å². The Morgan fingerprint density at radius 2 is 2.10 bits per heavy atom. The van der Waals surface area contributed by atoms with Crippen LogP contribution in [0.3, 0.4) is 0 Å². The number of nitrogens with zero attached hydrogens (tertiary/aromatic N) is 2. The average Bonchev–Trinajstić information content (AvgIpc) is 2.73. The summed E-state index contributed by atoms with van der Waals surface area (Å²) in [5.41, 5.74) is -0.111. The van der Waals surface area contributed by atoms with Crippen LogP contribution in [0.2, 0.25) is 5.02 Å². The van der Waals surface area contributed by atoms with Gasteiger partial charge in [0.15, 0.2) is 0 Å². The van der Waals surface area contributed by atoms with Gasteiger partial charge in [-0.3, -0.25) is 10.1 Å². The number of aromatic nitrogens is 1. The Hall–Kier alpha value is -1.40. The van der Waals surface area contributed by atoms with Crippen molar-refractivity contribution in [1.82, 2.24) is 4.98 Å². The Kier molecular flexibility index (Phi) is 6.20. The molecule has 6 nitrogen and oxygen atoms in total. The van der Waals surface area contributed by atoms with Crippen LogP contribution in [0.5, 0.6) is 0 Å². The van der Waals surface area contributed by atoms with E-state index in [0.29, 0.717) is 25.1 Å². The molecule has 0 aromatic carbocycles. The number of pyridine rings is 1. The molecule has 1 N–H and O–H groups in total. The van der Waals surface area contributed by atoms with Gasteiger partial charge in [-0.1, -0.05) is 37.3 Å². The van der Waals surface area contributed by atoms with Gasteiger partial charge < -0.3 is 10.1 Å². The Balaban J connectivity index is 1.74. The lowest BCUT2D eigenvalue weighted by Gasteiger charge is -2.15. The van der Waals surface area contributed by atoms with Gasteiger partial charge in [0, 0.05) is 12.6 Å². The summed E-state index contributed by atoms with van der Waals surface area (Å²) in [6.45, 7) is 1.17. The lowest BCUT2D eigenvalue weighted by Crippen LogP contribution is -2.18. The molecule has 1 aliphatic rings. The molecule has 1 aromatic rings. The van der Waals surface area contributed by atoms with E-state index in [-0.39, 0.29) is 10.7 Å². The van der Waals surface area contributed by atoms with Gasteiger partial charge >= 0.3 is 0 Å². The molecule has 0 saturated heterocycles. The Morgan fingerprint density at radius 1 is 1.38 bits per heavy atom. The van der Waals surface area contributed by atoms with Gasteiger partial charge in [0.05, 0.1) is 22.7 Å². The van der Waals surface area contributed by atoms with E-state index in [1.165, 1.54) is 37.9 Å². The number of rotatable bonds is 6. The minimum atomic E-state index is -0.516. The first-order valence-electron chi connectivity index (χ1n) is 7.32. The monoisotopic (exact) mass is 313 g/mol. The third-order valence-electron chi connectivity index (χ3n) is 3.59. The maximum absolute atomic E-state index is 10.6. The van der Waals surface area contributed by atoms with E-state index in [4.69, 9.17) is 16.3 Å². The molecule has 1 fully saturated rings. The van der Waals surface area contributed by atoms with Gasteiger partial charge in [0.1, 0.15) is 12.0 Å². The SMILES string of the molecule is O=[N+]([O-])c1cnc(NCCOC2CCCCCC2)c(Cl)c1. The number of anilines is 1. The fourth-order valence-corrected chi connectivity index (χ4v) is 2.69. The second-order valence-corrected chi connectivity index (χ2v) is 5.60. The number of hydrogen-bond acceptors (Lipinski definition) is 5. The number of halogens is 1. The van der Waals surface area contributed by atoms with E-state index < -0.39 is 4.92 Å². The Labute approximate surface area is 129 Å². The number of nitrogens with one attached hydrogen (secondary N) is 1. The summed E-state index contributed by atoms with van der Waals surface area (Å²) in [6, 6.07) is 1.29. The van der Waals surface area contributed by atoms with Crippen LogP contribution in [0.4, 0.5) is 11.5 Å². The van der Waals surface area contributed by atoms with Crippen LogP contribution in [0.25, 0.3) is 0 Å². The maximum atomic E-state index is 10.6. The van der Waals surface area contributed by atoms with E-state index in [1.54, 1.807) is 0 Å². The highest BCUT2D eigenvalue weighted by Crippen LogP contribution is 2.24. The van der Waals surface area contributed by atoms with Crippen LogP contribution in [0, 0.1) is 10.1 Å². The van der Waals surface area contributed by atoms with Crippen molar-refractivity contribution in [3.05, 3.63) is 27.4 Å². The average molecular weight is 314 g/mol. The van der Waals surface area contributed by atoms with Crippen molar-refractivity contribution in [2.24, 2.45) is 0 Å². The van der Waals surface area contributed by atoms with Crippen molar-refractivity contribution in [2.75, 3.05) is 18.5 Å². The molecule has 0 radical (unpaired) electrons. The first-order chi connectivity index (χ1) is 10.2. The van der Waals surface area contributed by atoms with Crippen LogP contribution in [-0.4, -0.2) is 29.2 Å². The van der Waals surface area contributed by atoms with Crippen molar-refractivity contribution in [2.45, 2.75) is 44.6 Å². The second kappa shape index (κ2) is 8.14. The summed E-state index contributed by atoms with van der Waals surface area (Å²) < 4.78 is 5.84. The van der Waals surface area contributed by atoms with Crippen molar-refractivity contribution in [3.8, 4) is 0 Å². The summed E-state index contributed by atoms with van der Waals surface area (Å²) in [6.07, 6.45) is 8.92. The summed E-state index contributed by atoms with van der Waals surface area (Å²) in [5, 5.41) is 13.9. The van der Waals surface area contributed by atoms with E-state index in [0.717, 1.165) is 12.8 Å². The molecule has 0 unspecified atom stereocenters. The van der Waals surface area contributed by atoms with Gasteiger partial charge in [-0.2, -0.15) is 0 Å². The maximum Gasteiger partial charge on any atom is 0.289 e. The first kappa shape index (κ1) is 16.0. The molecule has 0 aliphatic heterocycles. The molecule has 0 bridgehead atoms. The van der Waals surface area contributed by atoms with E-state index >= 15 is 0 Å². The smallest absolute Gasteiger partial charge is 0.289 e. The van der Waals surface area contributed by atoms with E-state index in [2.05, 4.69) is 10.3 Å². The van der Waals surface area contributed by atoms with Crippen molar-refractivity contribution in [1.29, 1.82) is 0 Å². The summed E-state index contributed by atoms with van der Waals surface area (Å²) in [4.78, 5) is 14.0. The quantitative estimate of drug-likeness (QED) is 0.374. The predicted molar refractivity (Wildman–Crippen MR) is 81.8 cm³/mol. The minimum absolute atomic E-state index is 0.111. The normalized spacial score (nSPS) is 16.4. The molecule has 0 amide bonds. The second-order valence-electron chi connectivity index (χ2n) is 5.19. The fraction of sp³-hybridized carbons (Fsp3) is 0.643. The van der Waals surface area contributed by atoms with Crippen LogP contribution in [0.15, 0.2) is 12.3 Å². The summed E-state index contributed by atoms with van der Waals surface area (Å²) >= 11 is 5.95. The van der Waals surface area contributed by atoms with Gasteiger partial charge in [-0.05, 0) is 12.8 Å². The standard InChI is InChI=1S/C14H20ClN3O3/c15-13-9-11(18(19)20)10-17-14(13)16-7-8-21-12-5-3-1-2-4-6-12/h9-10,12H,1-8H2,(H,16,17). The van der Waals surface area contributed by atoms with Crippen molar-refractivity contribution >= 4 is 23.1 Å². The topological polar surface area (TPSA) is 77.3 Å². The molecule has 1 aromatic heterocycles. The van der Waals surface area contributed by atoms with Crippen LogP contribution in [-0.2, 0) is 4.74 Å². The lowest BCUT2D eigenvalue weighted by atomic mass is 10.1. The zero-order chi connectivity index (χ0) is 15.1. The third-order valence-corrected chi connectivity index (χ3v) is 3.88. The Bertz CT molecular complexity index is 477. The summed E-state index contributed by atoms with van der Waals surface area (Å²) in [7, 11) is 0. The molecule has 1 aliphatic carbocycles. The highest BCUT2D eigenvalue weighted by Gasteiger charge is 2.13. The van der Waals surface area contributed by atoms with Gasteiger partial charge in [-0.25, -0.2) is 4.98 Å². The van der Waals surface area contributed by atoms with Crippen LogP contribution < -0.4 is 5.32 Å². The van der Waals surface area contributed by atoms with E-state index in [1.807, 2.05) is 0 Å². The number of hydrogen-bond donors (Lipinski definition) is 1. The van der Waals surface area contributed by atoms with Crippen molar-refractivity contribution < 1.29 is 9.66 Å². The van der Waals surface area contributed by atoms with Gasteiger partial charge in [-0.15, -0.1) is 0 Å². The minimum Gasteiger partial charge on any atom is -0.376 e. The van der Waals surface area contributed by atoms with E-state index in [9.17, 15) is 10.1 Å². The molecule has 2 rings (SSSR count). The zero-order valence-corrected chi connectivity index (χ0v) is 12.6. The highest BCUT2D eigenvalue weighted by molar-refractivity contribution is 6.33. The number of ether oxygens (including phenoxy) is 1. The fourth-order valence-electron chi connectivity index (χ4n) is 2.46. The Morgan fingerprint density at radius 3 is 2.71 bits per heavy atom. The van der Waals surface area contributed by atoms with Crippen molar-refractivity contribution in [3.63, 3.8) is 0 Å². The third kappa shape index (κ3) is 5.13. The molecule has 1 heterocycles. The molecule has 1 saturated carbocycles. The van der Waals surface area contributed by atoms with Gasteiger partial charge in [0.25, 0.3) is 5.69 Å². The molecular weight excluding hydrogens is 294 g/mol. The van der Waals surface area contributed by atoms with Crippen LogP contribution in [0.1, 0.15) is 38.5 Å². The first-order valence-corrected chi connectivity index (χ1v) is 7.70. The molecular formula is C14H20ClN3O3. The molecule has 0 spiro atoms. The highest BCUT2D eigenvalue weighted by atomic mass is 35.5. The lowest BCUT2D eigenvalue weighted by molar-refractivity contribution is -0.385. The van der Waals surface area contributed by atoms with Gasteiger partial charge in [0.2, 0.25) is 0 Å². The molecule has 21 heavy (non-hydrogen) atoms. The molecule has 7 heteroatoms. The zero-order valence-electron chi connectivity index (χ0n) is 11.9. The predicted octanol–water partition coefficient (Wildman–Crippen LogP) is 3.79.